The Hall–Kier alpha value is -3.32. The largest absolute Gasteiger partial charge is 0.309 e. The molecule has 0 aliphatic heterocycles. The van der Waals surface area contributed by atoms with Crippen LogP contribution in [-0.2, 0) is 17.3 Å². The minimum absolute atomic E-state index is 0.113. The number of fused-ring (bicyclic) bond motifs is 3. The van der Waals surface area contributed by atoms with Gasteiger partial charge < -0.3 is 4.57 Å². The molecule has 0 fully saturated rings. The first kappa shape index (κ1) is 23.4. The van der Waals surface area contributed by atoms with Crippen molar-refractivity contribution in [3.63, 3.8) is 0 Å². The summed E-state index contributed by atoms with van der Waals surface area (Å²) >= 11 is 0. The minimum Gasteiger partial charge on any atom is -0.309 e. The van der Waals surface area contributed by atoms with Gasteiger partial charge in [-0.1, -0.05) is 95.6 Å². The van der Waals surface area contributed by atoms with Crippen molar-refractivity contribution in [3.05, 3.63) is 113 Å². The van der Waals surface area contributed by atoms with E-state index < -0.39 is 0 Å². The molecule has 0 bridgehead atoms. The van der Waals surface area contributed by atoms with Crippen LogP contribution in [0, 0.1) is 6.92 Å². The number of aromatic nitrogens is 1. The molecule has 4 aromatic carbocycles. The molecule has 5 aromatic rings. The van der Waals surface area contributed by atoms with Crippen LogP contribution < -0.4 is 0 Å². The quantitative estimate of drug-likeness (QED) is 0.253. The van der Waals surface area contributed by atoms with E-state index in [4.69, 9.17) is 0 Å². The molecular weight excluding hydrogens is 422 g/mol. The summed E-state index contributed by atoms with van der Waals surface area (Å²) < 4.78 is 2.43. The third-order valence-corrected chi connectivity index (χ3v) is 7.18. The van der Waals surface area contributed by atoms with Crippen LogP contribution in [0.2, 0.25) is 0 Å². The van der Waals surface area contributed by atoms with E-state index in [0.717, 1.165) is 6.42 Å². The van der Waals surface area contributed by atoms with E-state index in [1.165, 1.54) is 55.3 Å². The molecule has 0 aliphatic carbocycles. The van der Waals surface area contributed by atoms with E-state index in [-0.39, 0.29) is 10.8 Å². The van der Waals surface area contributed by atoms with Gasteiger partial charge in [0, 0.05) is 16.5 Å². The van der Waals surface area contributed by atoms with Crippen LogP contribution in [0.15, 0.2) is 84.9 Å². The first-order valence-corrected chi connectivity index (χ1v) is 12.7. The van der Waals surface area contributed by atoms with Gasteiger partial charge in [0.2, 0.25) is 0 Å². The maximum Gasteiger partial charge on any atom is 0.0541 e. The predicted octanol–water partition coefficient (Wildman–Crippen LogP) is 9.28. The molecule has 0 N–H and O–H groups in total. The van der Waals surface area contributed by atoms with Gasteiger partial charge in [-0.15, -0.1) is 0 Å². The standard InChI is InChI=1S/C34H37N/c1-23-9-8-10-25(19-23)20-24-11-15-28(16-12-24)35-31-17-13-26(33(2,3)4)21-29(31)30-22-27(34(5,6)7)14-18-32(30)35/h8-19,21-22H,20H2,1-7H3. The molecule has 0 spiro atoms. The van der Waals surface area contributed by atoms with Crippen LogP contribution in [0.3, 0.4) is 0 Å². The molecule has 178 valence electrons. The van der Waals surface area contributed by atoms with Gasteiger partial charge >= 0.3 is 0 Å². The fourth-order valence-electron chi connectivity index (χ4n) is 5.06. The van der Waals surface area contributed by atoms with Crippen molar-refractivity contribution in [1.82, 2.24) is 4.57 Å². The lowest BCUT2D eigenvalue weighted by atomic mass is 9.85. The summed E-state index contributed by atoms with van der Waals surface area (Å²) in [5.41, 5.74) is 10.7. The average Bonchev–Trinajstić information content (AvgIpc) is 3.12. The van der Waals surface area contributed by atoms with Crippen LogP contribution in [0.4, 0.5) is 0 Å². The molecule has 5 rings (SSSR count). The van der Waals surface area contributed by atoms with Gasteiger partial charge in [-0.05, 0) is 82.8 Å². The topological polar surface area (TPSA) is 4.93 Å². The van der Waals surface area contributed by atoms with E-state index in [9.17, 15) is 0 Å². The van der Waals surface area contributed by atoms with Gasteiger partial charge in [0.05, 0.1) is 11.0 Å². The third-order valence-electron chi connectivity index (χ3n) is 7.18. The number of hydrogen-bond acceptors (Lipinski definition) is 0. The normalized spacial score (nSPS) is 12.5. The Morgan fingerprint density at radius 1 is 0.571 bits per heavy atom. The number of rotatable bonds is 3. The summed E-state index contributed by atoms with van der Waals surface area (Å²) in [6, 6.07) is 32.0. The zero-order valence-corrected chi connectivity index (χ0v) is 22.2. The van der Waals surface area contributed by atoms with E-state index >= 15 is 0 Å². The average molecular weight is 460 g/mol. The maximum atomic E-state index is 2.43. The molecule has 0 atom stereocenters. The highest BCUT2D eigenvalue weighted by molar-refractivity contribution is 6.09. The summed E-state index contributed by atoms with van der Waals surface area (Å²) in [6.07, 6.45) is 0.957. The summed E-state index contributed by atoms with van der Waals surface area (Å²) in [6.45, 7) is 15.9. The van der Waals surface area contributed by atoms with Crippen LogP contribution in [0.5, 0.6) is 0 Å². The summed E-state index contributed by atoms with van der Waals surface area (Å²) in [5, 5.41) is 2.67. The van der Waals surface area contributed by atoms with Crippen molar-refractivity contribution < 1.29 is 0 Å². The molecule has 0 aliphatic rings. The van der Waals surface area contributed by atoms with E-state index in [1.54, 1.807) is 0 Å². The highest BCUT2D eigenvalue weighted by atomic mass is 15.0. The highest BCUT2D eigenvalue weighted by Gasteiger charge is 2.20. The second kappa shape index (κ2) is 8.41. The smallest absolute Gasteiger partial charge is 0.0541 e. The van der Waals surface area contributed by atoms with Gasteiger partial charge in [-0.25, -0.2) is 0 Å². The van der Waals surface area contributed by atoms with Crippen LogP contribution in [0.1, 0.15) is 69.4 Å². The van der Waals surface area contributed by atoms with Crippen LogP contribution in [-0.4, -0.2) is 4.57 Å². The third kappa shape index (κ3) is 4.52. The lowest BCUT2D eigenvalue weighted by Gasteiger charge is -2.19. The molecule has 0 saturated carbocycles. The van der Waals surface area contributed by atoms with Gasteiger partial charge in [0.25, 0.3) is 0 Å². The Morgan fingerprint density at radius 2 is 1.11 bits per heavy atom. The fraction of sp³-hybridized carbons (Fsp3) is 0.294. The van der Waals surface area contributed by atoms with Crippen molar-refractivity contribution in [1.29, 1.82) is 0 Å². The van der Waals surface area contributed by atoms with Crippen molar-refractivity contribution in [3.8, 4) is 5.69 Å². The first-order chi connectivity index (χ1) is 16.5. The van der Waals surface area contributed by atoms with Crippen molar-refractivity contribution >= 4 is 21.8 Å². The Bertz CT molecular complexity index is 1440. The minimum atomic E-state index is 0.113. The maximum absolute atomic E-state index is 2.43. The molecular formula is C34H37N. The lowest BCUT2D eigenvalue weighted by molar-refractivity contribution is 0.590. The van der Waals surface area contributed by atoms with Gasteiger partial charge in [0.15, 0.2) is 0 Å². The number of nitrogens with zero attached hydrogens (tertiary/aromatic N) is 1. The molecule has 1 nitrogen and oxygen atoms in total. The molecule has 0 amide bonds. The molecule has 0 unspecified atom stereocenters. The molecule has 0 radical (unpaired) electrons. The van der Waals surface area contributed by atoms with E-state index in [0.29, 0.717) is 0 Å². The summed E-state index contributed by atoms with van der Waals surface area (Å²) in [7, 11) is 0. The second-order valence-electron chi connectivity index (χ2n) is 12.1. The van der Waals surface area contributed by atoms with Crippen molar-refractivity contribution in [2.45, 2.75) is 65.7 Å². The Morgan fingerprint density at radius 3 is 1.60 bits per heavy atom. The lowest BCUT2D eigenvalue weighted by Crippen LogP contribution is -2.10. The van der Waals surface area contributed by atoms with E-state index in [1.807, 2.05) is 0 Å². The zero-order valence-electron chi connectivity index (χ0n) is 22.2. The molecule has 1 aromatic heterocycles. The molecule has 0 saturated heterocycles. The van der Waals surface area contributed by atoms with Crippen molar-refractivity contribution in [2.75, 3.05) is 0 Å². The highest BCUT2D eigenvalue weighted by Crippen LogP contribution is 2.37. The van der Waals surface area contributed by atoms with Gasteiger partial charge in [0.1, 0.15) is 0 Å². The molecule has 1 heterocycles. The predicted molar refractivity (Wildman–Crippen MR) is 152 cm³/mol. The summed E-state index contributed by atoms with van der Waals surface area (Å²) in [4.78, 5) is 0. The molecule has 1 heteroatoms. The monoisotopic (exact) mass is 459 g/mol. The SMILES string of the molecule is Cc1cccc(Cc2ccc(-n3c4ccc(C(C)(C)C)cc4c4cc(C(C)(C)C)ccc43)cc2)c1. The summed E-state index contributed by atoms with van der Waals surface area (Å²) in [5.74, 6) is 0. The van der Waals surface area contributed by atoms with Crippen LogP contribution in [0.25, 0.3) is 27.5 Å². The fourth-order valence-corrected chi connectivity index (χ4v) is 5.06. The van der Waals surface area contributed by atoms with Gasteiger partial charge in [-0.3, -0.25) is 0 Å². The molecule has 35 heavy (non-hydrogen) atoms. The van der Waals surface area contributed by atoms with E-state index in [2.05, 4.69) is 138 Å². The Kier molecular flexibility index (Phi) is 5.63. The Labute approximate surface area is 210 Å². The van der Waals surface area contributed by atoms with Gasteiger partial charge in [-0.2, -0.15) is 0 Å². The zero-order chi connectivity index (χ0) is 25.0. The number of aryl methyl sites for hydroxylation is 1. The number of benzene rings is 4. The first-order valence-electron chi connectivity index (χ1n) is 12.7. The van der Waals surface area contributed by atoms with Crippen LogP contribution >= 0.6 is 0 Å². The Balaban J connectivity index is 1.66. The van der Waals surface area contributed by atoms with Crippen molar-refractivity contribution in [2.24, 2.45) is 0 Å². The number of hydrogen-bond donors (Lipinski definition) is 0. The second-order valence-corrected chi connectivity index (χ2v) is 12.1.